The molecule has 0 aliphatic heterocycles. The van der Waals surface area contributed by atoms with E-state index in [0.717, 1.165) is 36.1 Å². The Morgan fingerprint density at radius 2 is 2.04 bits per heavy atom. The van der Waals surface area contributed by atoms with Gasteiger partial charge in [-0.25, -0.2) is 0 Å². The van der Waals surface area contributed by atoms with E-state index in [0.29, 0.717) is 19.1 Å². The van der Waals surface area contributed by atoms with Gasteiger partial charge in [0.2, 0.25) is 0 Å². The van der Waals surface area contributed by atoms with Crippen LogP contribution in [0.5, 0.6) is 0 Å². The average Bonchev–Trinajstić information content (AvgIpc) is 3.13. The first kappa shape index (κ1) is 21.9. The smallest absolute Gasteiger partial charge is 0.193 e. The van der Waals surface area contributed by atoms with Gasteiger partial charge in [0.1, 0.15) is 0 Å². The van der Waals surface area contributed by atoms with Crippen LogP contribution in [0, 0.1) is 13.8 Å². The molecule has 0 aliphatic rings. The van der Waals surface area contributed by atoms with E-state index in [9.17, 15) is 0 Å². The standard InChI is InChI=1S/C20H35N7O/c1-14(2)19-17(13-26(7)24-19)12-25(6)20(21-5)22-11-18-15(3)23-27(16(18)4)9-10-28-8/h13-14H,9-12H2,1-8H3,(H,21,22). The minimum absolute atomic E-state index is 0.391. The summed E-state index contributed by atoms with van der Waals surface area (Å²) in [6.45, 7) is 11.3. The van der Waals surface area contributed by atoms with Gasteiger partial charge in [-0.2, -0.15) is 10.2 Å². The molecule has 2 aromatic heterocycles. The number of hydrogen-bond donors (Lipinski definition) is 1. The van der Waals surface area contributed by atoms with Crippen LogP contribution in [0.2, 0.25) is 0 Å². The number of methoxy groups -OCH3 is 1. The molecule has 2 aromatic rings. The highest BCUT2D eigenvalue weighted by Crippen LogP contribution is 2.19. The van der Waals surface area contributed by atoms with Crippen molar-refractivity contribution < 1.29 is 4.74 Å². The number of hydrogen-bond acceptors (Lipinski definition) is 4. The molecular weight excluding hydrogens is 354 g/mol. The van der Waals surface area contributed by atoms with Crippen molar-refractivity contribution in [1.82, 2.24) is 29.8 Å². The van der Waals surface area contributed by atoms with Crippen molar-refractivity contribution in [2.45, 2.75) is 53.2 Å². The fraction of sp³-hybridized carbons (Fsp3) is 0.650. The van der Waals surface area contributed by atoms with Gasteiger partial charge in [-0.05, 0) is 19.8 Å². The third-order valence-electron chi connectivity index (χ3n) is 4.93. The van der Waals surface area contributed by atoms with Crippen molar-refractivity contribution in [3.8, 4) is 0 Å². The Morgan fingerprint density at radius 1 is 1.32 bits per heavy atom. The predicted molar refractivity (Wildman–Crippen MR) is 113 cm³/mol. The lowest BCUT2D eigenvalue weighted by Crippen LogP contribution is -2.38. The van der Waals surface area contributed by atoms with Crippen LogP contribution < -0.4 is 5.32 Å². The number of nitrogens with zero attached hydrogens (tertiary/aromatic N) is 6. The molecule has 0 fully saturated rings. The molecule has 0 amide bonds. The number of aryl methyl sites for hydroxylation is 2. The molecule has 2 rings (SSSR count). The Kier molecular flexibility index (Phi) is 7.62. The highest BCUT2D eigenvalue weighted by atomic mass is 16.5. The first-order valence-electron chi connectivity index (χ1n) is 9.74. The van der Waals surface area contributed by atoms with Crippen LogP contribution in [-0.2, 0) is 31.4 Å². The molecule has 0 saturated heterocycles. The molecule has 0 unspecified atom stereocenters. The Bertz CT molecular complexity index is 804. The first-order chi connectivity index (χ1) is 13.3. The zero-order valence-electron chi connectivity index (χ0n) is 18.6. The van der Waals surface area contributed by atoms with Crippen LogP contribution in [0.15, 0.2) is 11.2 Å². The fourth-order valence-electron chi connectivity index (χ4n) is 3.43. The lowest BCUT2D eigenvalue weighted by molar-refractivity contribution is 0.182. The molecule has 0 aliphatic carbocycles. The molecule has 0 bridgehead atoms. The Morgan fingerprint density at radius 3 is 2.64 bits per heavy atom. The maximum atomic E-state index is 5.17. The predicted octanol–water partition coefficient (Wildman–Crippen LogP) is 2.21. The number of rotatable bonds is 8. The molecule has 0 spiro atoms. The van der Waals surface area contributed by atoms with Crippen LogP contribution in [0.4, 0.5) is 0 Å². The maximum absolute atomic E-state index is 5.17. The Balaban J connectivity index is 2.06. The minimum atomic E-state index is 0.391. The minimum Gasteiger partial charge on any atom is -0.383 e. The number of aromatic nitrogens is 4. The lowest BCUT2D eigenvalue weighted by Gasteiger charge is -2.22. The van der Waals surface area contributed by atoms with E-state index in [4.69, 9.17) is 4.74 Å². The summed E-state index contributed by atoms with van der Waals surface area (Å²) in [5, 5.41) is 12.7. The summed E-state index contributed by atoms with van der Waals surface area (Å²) in [6, 6.07) is 0. The van der Waals surface area contributed by atoms with Crippen molar-refractivity contribution in [3.63, 3.8) is 0 Å². The van der Waals surface area contributed by atoms with Gasteiger partial charge in [0, 0.05) is 64.4 Å². The van der Waals surface area contributed by atoms with Crippen molar-refractivity contribution in [2.24, 2.45) is 12.0 Å². The van der Waals surface area contributed by atoms with Gasteiger partial charge in [-0.15, -0.1) is 0 Å². The Labute approximate surface area is 168 Å². The van der Waals surface area contributed by atoms with Crippen LogP contribution in [0.25, 0.3) is 0 Å². The quantitative estimate of drug-likeness (QED) is 0.554. The topological polar surface area (TPSA) is 72.5 Å². The van der Waals surface area contributed by atoms with E-state index in [1.165, 1.54) is 11.1 Å². The van der Waals surface area contributed by atoms with Gasteiger partial charge < -0.3 is 15.0 Å². The van der Waals surface area contributed by atoms with Crippen molar-refractivity contribution >= 4 is 5.96 Å². The molecule has 28 heavy (non-hydrogen) atoms. The van der Waals surface area contributed by atoms with E-state index in [2.05, 4.69) is 52.4 Å². The summed E-state index contributed by atoms with van der Waals surface area (Å²) in [7, 11) is 7.54. The Hall–Kier alpha value is -2.35. The van der Waals surface area contributed by atoms with Crippen LogP contribution in [-0.4, -0.2) is 58.2 Å². The molecule has 8 nitrogen and oxygen atoms in total. The molecule has 0 atom stereocenters. The van der Waals surface area contributed by atoms with Gasteiger partial charge in [0.05, 0.1) is 24.5 Å². The van der Waals surface area contributed by atoms with E-state index in [1.807, 2.05) is 37.4 Å². The second kappa shape index (κ2) is 9.73. The molecule has 156 valence electrons. The number of aliphatic imine (C=N–C) groups is 1. The van der Waals surface area contributed by atoms with E-state index in [1.54, 1.807) is 7.11 Å². The van der Waals surface area contributed by atoms with E-state index >= 15 is 0 Å². The van der Waals surface area contributed by atoms with Gasteiger partial charge >= 0.3 is 0 Å². The summed E-state index contributed by atoms with van der Waals surface area (Å²) in [4.78, 5) is 6.58. The lowest BCUT2D eigenvalue weighted by atomic mass is 10.1. The molecule has 0 aromatic carbocycles. The summed E-state index contributed by atoms with van der Waals surface area (Å²) in [5.41, 5.74) is 5.76. The number of guanidine groups is 1. The van der Waals surface area contributed by atoms with Gasteiger partial charge in [-0.1, -0.05) is 13.8 Å². The summed E-state index contributed by atoms with van der Waals surface area (Å²) in [5.74, 6) is 1.24. The molecule has 2 heterocycles. The summed E-state index contributed by atoms with van der Waals surface area (Å²) in [6.07, 6.45) is 2.09. The molecule has 0 saturated carbocycles. The second-order valence-corrected chi connectivity index (χ2v) is 7.49. The third-order valence-corrected chi connectivity index (χ3v) is 4.93. The monoisotopic (exact) mass is 389 g/mol. The highest BCUT2D eigenvalue weighted by Gasteiger charge is 2.16. The van der Waals surface area contributed by atoms with Crippen molar-refractivity contribution in [1.29, 1.82) is 0 Å². The van der Waals surface area contributed by atoms with Crippen LogP contribution in [0.3, 0.4) is 0 Å². The third kappa shape index (κ3) is 5.13. The average molecular weight is 390 g/mol. The SMILES string of the molecule is CN=C(NCc1c(C)nn(CCOC)c1C)N(C)Cc1cn(C)nc1C(C)C. The fourth-order valence-corrected chi connectivity index (χ4v) is 3.43. The van der Waals surface area contributed by atoms with Crippen LogP contribution >= 0.6 is 0 Å². The zero-order valence-corrected chi connectivity index (χ0v) is 18.6. The van der Waals surface area contributed by atoms with Crippen molar-refractivity contribution in [2.75, 3.05) is 27.8 Å². The van der Waals surface area contributed by atoms with Crippen molar-refractivity contribution in [3.05, 3.63) is 34.4 Å². The van der Waals surface area contributed by atoms with Gasteiger partial charge in [0.25, 0.3) is 0 Å². The second-order valence-electron chi connectivity index (χ2n) is 7.49. The van der Waals surface area contributed by atoms with Crippen LogP contribution in [0.1, 0.15) is 48.0 Å². The largest absolute Gasteiger partial charge is 0.383 e. The number of nitrogens with one attached hydrogen (secondary N) is 1. The maximum Gasteiger partial charge on any atom is 0.193 e. The molecular formula is C20H35N7O. The first-order valence-corrected chi connectivity index (χ1v) is 9.74. The van der Waals surface area contributed by atoms with E-state index in [-0.39, 0.29) is 0 Å². The molecule has 8 heteroatoms. The summed E-state index contributed by atoms with van der Waals surface area (Å²) < 4.78 is 9.06. The van der Waals surface area contributed by atoms with E-state index < -0.39 is 0 Å². The van der Waals surface area contributed by atoms with Gasteiger partial charge in [-0.3, -0.25) is 14.4 Å². The highest BCUT2D eigenvalue weighted by molar-refractivity contribution is 5.79. The molecule has 1 N–H and O–H groups in total. The summed E-state index contributed by atoms with van der Waals surface area (Å²) >= 11 is 0. The normalized spacial score (nSPS) is 12.1. The number of ether oxygens (including phenoxy) is 1. The zero-order chi connectivity index (χ0) is 20.8. The molecule has 0 radical (unpaired) electrons. The van der Waals surface area contributed by atoms with Gasteiger partial charge in [0.15, 0.2) is 5.96 Å².